The number of carbonyl (C=O) groups is 2. The second-order valence-electron chi connectivity index (χ2n) is 7.31. The van der Waals surface area contributed by atoms with Crippen LogP contribution in [0.4, 0.5) is 0 Å². The van der Waals surface area contributed by atoms with E-state index in [0.29, 0.717) is 11.3 Å². The van der Waals surface area contributed by atoms with Gasteiger partial charge in [-0.2, -0.15) is 11.8 Å². The number of ether oxygens (including phenoxy) is 1. The van der Waals surface area contributed by atoms with Crippen LogP contribution in [-0.4, -0.2) is 34.2 Å². The van der Waals surface area contributed by atoms with Gasteiger partial charge in [0.1, 0.15) is 12.4 Å². The number of nitrogens with zero attached hydrogens (tertiary/aromatic N) is 2. The summed E-state index contributed by atoms with van der Waals surface area (Å²) >= 11 is 1.65. The van der Waals surface area contributed by atoms with Crippen molar-refractivity contribution in [2.24, 2.45) is 0 Å². The third kappa shape index (κ3) is 4.37. The van der Waals surface area contributed by atoms with Crippen LogP contribution in [0.2, 0.25) is 0 Å². The van der Waals surface area contributed by atoms with Gasteiger partial charge in [0.25, 0.3) is 0 Å². The molecule has 1 aromatic heterocycles. The molecule has 0 saturated carbocycles. The summed E-state index contributed by atoms with van der Waals surface area (Å²) in [5.74, 6) is 0.945. The van der Waals surface area contributed by atoms with Crippen molar-refractivity contribution < 1.29 is 14.3 Å². The summed E-state index contributed by atoms with van der Waals surface area (Å²) in [6.07, 6.45) is 6.47. The lowest BCUT2D eigenvalue weighted by molar-refractivity contribution is -0.143. The lowest BCUT2D eigenvalue weighted by Crippen LogP contribution is -2.19. The lowest BCUT2D eigenvalue weighted by Gasteiger charge is -2.16. The van der Waals surface area contributed by atoms with E-state index in [4.69, 9.17) is 4.74 Å². The second kappa shape index (κ2) is 8.82. The number of aryl methyl sites for hydroxylation is 2. The van der Waals surface area contributed by atoms with Gasteiger partial charge in [-0.1, -0.05) is 24.3 Å². The standard InChI is InChI=1S/C23H24N2O3S/c1-29-15-22-24-19-8-4-5-9-20(19)25(22)13-23(27)28-14-21(26)18-11-10-16-6-2-3-7-17(16)12-18/h4-5,8-12H,2-3,6-7,13-15H2,1H3. The highest BCUT2D eigenvalue weighted by Gasteiger charge is 2.17. The summed E-state index contributed by atoms with van der Waals surface area (Å²) in [6.45, 7) is -0.185. The van der Waals surface area contributed by atoms with Crippen molar-refractivity contribution in [3.8, 4) is 0 Å². The van der Waals surface area contributed by atoms with Crippen LogP contribution in [0.5, 0.6) is 0 Å². The molecule has 2 aromatic carbocycles. The van der Waals surface area contributed by atoms with E-state index in [1.807, 2.05) is 53.3 Å². The van der Waals surface area contributed by atoms with E-state index in [-0.39, 0.29) is 18.9 Å². The zero-order chi connectivity index (χ0) is 20.2. The van der Waals surface area contributed by atoms with Gasteiger partial charge in [-0.25, -0.2) is 4.98 Å². The number of carbonyl (C=O) groups excluding carboxylic acids is 2. The molecule has 4 rings (SSSR count). The van der Waals surface area contributed by atoms with E-state index in [2.05, 4.69) is 4.98 Å². The number of rotatable bonds is 7. The zero-order valence-electron chi connectivity index (χ0n) is 16.5. The maximum atomic E-state index is 12.5. The van der Waals surface area contributed by atoms with Gasteiger partial charge in [-0.05, 0) is 61.3 Å². The molecule has 0 amide bonds. The molecule has 0 bridgehead atoms. The van der Waals surface area contributed by atoms with Gasteiger partial charge >= 0.3 is 5.97 Å². The summed E-state index contributed by atoms with van der Waals surface area (Å²) < 4.78 is 7.19. The number of hydrogen-bond donors (Lipinski definition) is 0. The van der Waals surface area contributed by atoms with E-state index in [9.17, 15) is 9.59 Å². The smallest absolute Gasteiger partial charge is 0.326 e. The quantitative estimate of drug-likeness (QED) is 0.433. The molecule has 0 saturated heterocycles. The van der Waals surface area contributed by atoms with Gasteiger partial charge in [-0.15, -0.1) is 0 Å². The maximum Gasteiger partial charge on any atom is 0.326 e. The fraction of sp³-hybridized carbons (Fsp3) is 0.348. The SMILES string of the molecule is CSCc1nc2ccccc2n1CC(=O)OCC(=O)c1ccc2c(c1)CCCC2. The normalized spacial score (nSPS) is 13.3. The van der Waals surface area contributed by atoms with Gasteiger partial charge < -0.3 is 9.30 Å². The monoisotopic (exact) mass is 408 g/mol. The Morgan fingerprint density at radius 1 is 1.10 bits per heavy atom. The minimum absolute atomic E-state index is 0.0495. The predicted molar refractivity (Wildman–Crippen MR) is 115 cm³/mol. The van der Waals surface area contributed by atoms with Gasteiger partial charge in [0.05, 0.1) is 16.8 Å². The van der Waals surface area contributed by atoms with Crippen LogP contribution in [0.25, 0.3) is 11.0 Å². The number of thioether (sulfide) groups is 1. The average molecular weight is 409 g/mol. The Labute approximate surface area is 174 Å². The fourth-order valence-electron chi connectivity index (χ4n) is 3.85. The van der Waals surface area contributed by atoms with Crippen molar-refractivity contribution >= 4 is 34.5 Å². The molecule has 29 heavy (non-hydrogen) atoms. The fourth-order valence-corrected chi connectivity index (χ4v) is 4.33. The van der Waals surface area contributed by atoms with E-state index < -0.39 is 5.97 Å². The number of para-hydroxylation sites is 2. The molecule has 0 N–H and O–H groups in total. The summed E-state index contributed by atoms with van der Waals surface area (Å²) in [5.41, 5.74) is 4.96. The molecule has 150 valence electrons. The first-order valence-corrected chi connectivity index (χ1v) is 11.3. The molecular weight excluding hydrogens is 384 g/mol. The van der Waals surface area contributed by atoms with Crippen LogP contribution in [0.15, 0.2) is 42.5 Å². The van der Waals surface area contributed by atoms with Crippen LogP contribution in [0.1, 0.15) is 40.2 Å². The molecule has 1 aliphatic rings. The van der Waals surface area contributed by atoms with E-state index in [1.165, 1.54) is 17.5 Å². The van der Waals surface area contributed by atoms with Gasteiger partial charge in [0.2, 0.25) is 0 Å². The number of aromatic nitrogens is 2. The third-order valence-corrected chi connectivity index (χ3v) is 5.88. The van der Waals surface area contributed by atoms with Crippen LogP contribution >= 0.6 is 11.8 Å². The largest absolute Gasteiger partial charge is 0.456 e. The molecule has 0 fully saturated rings. The third-order valence-electron chi connectivity index (χ3n) is 5.33. The average Bonchev–Trinajstić information content (AvgIpc) is 3.09. The van der Waals surface area contributed by atoms with Crippen molar-refractivity contribution in [2.45, 2.75) is 38.0 Å². The molecule has 0 unspecified atom stereocenters. The van der Waals surface area contributed by atoms with E-state index in [0.717, 1.165) is 36.1 Å². The van der Waals surface area contributed by atoms with Crippen LogP contribution in [0, 0.1) is 0 Å². The summed E-state index contributed by atoms with van der Waals surface area (Å²) in [7, 11) is 0. The Morgan fingerprint density at radius 3 is 2.72 bits per heavy atom. The number of fused-ring (bicyclic) bond motifs is 2. The Bertz CT molecular complexity index is 1060. The van der Waals surface area contributed by atoms with Crippen LogP contribution < -0.4 is 0 Å². The molecule has 0 spiro atoms. The number of ketones is 1. The molecule has 1 aliphatic carbocycles. The second-order valence-corrected chi connectivity index (χ2v) is 8.18. The van der Waals surface area contributed by atoms with E-state index >= 15 is 0 Å². The van der Waals surface area contributed by atoms with Crippen molar-refractivity contribution in [2.75, 3.05) is 12.9 Å². The molecule has 0 atom stereocenters. The van der Waals surface area contributed by atoms with Gasteiger partial charge in [-0.3, -0.25) is 9.59 Å². The van der Waals surface area contributed by atoms with Crippen molar-refractivity contribution in [3.05, 3.63) is 65.0 Å². The first-order chi connectivity index (χ1) is 14.2. The molecule has 6 heteroatoms. The topological polar surface area (TPSA) is 61.2 Å². The van der Waals surface area contributed by atoms with Crippen LogP contribution in [-0.2, 0) is 34.7 Å². The predicted octanol–water partition coefficient (Wildman–Crippen LogP) is 4.20. The minimum atomic E-state index is -0.429. The lowest BCUT2D eigenvalue weighted by atomic mass is 9.90. The molecule has 3 aromatic rings. The first-order valence-electron chi connectivity index (χ1n) is 9.89. The molecule has 0 aliphatic heterocycles. The van der Waals surface area contributed by atoms with Crippen molar-refractivity contribution in [3.63, 3.8) is 0 Å². The van der Waals surface area contributed by atoms with Gasteiger partial charge in [0, 0.05) is 5.56 Å². The van der Waals surface area contributed by atoms with E-state index in [1.54, 1.807) is 11.8 Å². The van der Waals surface area contributed by atoms with Crippen LogP contribution in [0.3, 0.4) is 0 Å². The first kappa shape index (κ1) is 19.7. The Morgan fingerprint density at radius 2 is 1.90 bits per heavy atom. The summed E-state index contributed by atoms with van der Waals surface area (Å²) in [4.78, 5) is 29.6. The Hall–Kier alpha value is -2.60. The molecule has 5 nitrogen and oxygen atoms in total. The molecular formula is C23H24N2O3S. The summed E-state index contributed by atoms with van der Waals surface area (Å²) in [5, 5.41) is 0. The number of imidazole rings is 1. The highest BCUT2D eigenvalue weighted by molar-refractivity contribution is 7.97. The highest BCUT2D eigenvalue weighted by Crippen LogP contribution is 2.23. The molecule has 1 heterocycles. The number of esters is 1. The maximum absolute atomic E-state index is 12.5. The van der Waals surface area contributed by atoms with Crippen molar-refractivity contribution in [1.82, 2.24) is 9.55 Å². The number of hydrogen-bond acceptors (Lipinski definition) is 5. The van der Waals surface area contributed by atoms with Crippen molar-refractivity contribution in [1.29, 1.82) is 0 Å². The highest BCUT2D eigenvalue weighted by atomic mass is 32.2. The summed E-state index contributed by atoms with van der Waals surface area (Å²) in [6, 6.07) is 13.6. The van der Waals surface area contributed by atoms with Gasteiger partial charge in [0.15, 0.2) is 12.4 Å². The molecule has 0 radical (unpaired) electrons. The Kier molecular flexibility index (Phi) is 6.00. The number of benzene rings is 2. The zero-order valence-corrected chi connectivity index (χ0v) is 17.3. The minimum Gasteiger partial charge on any atom is -0.456 e. The Balaban J connectivity index is 1.42. The number of Topliss-reactive ketones (excluding diaryl/α,β-unsaturated/α-hetero) is 1.